The number of hydrogen-bond acceptors (Lipinski definition) is 5. The van der Waals surface area contributed by atoms with Crippen LogP contribution in [0.1, 0.15) is 29.2 Å². The van der Waals surface area contributed by atoms with Crippen LogP contribution in [-0.2, 0) is 24.4 Å². The second kappa shape index (κ2) is 12.7. The van der Waals surface area contributed by atoms with Gasteiger partial charge in [-0.25, -0.2) is 0 Å². The maximum absolute atomic E-state index is 13.1. The summed E-state index contributed by atoms with van der Waals surface area (Å²) in [6.45, 7) is 6.81. The van der Waals surface area contributed by atoms with E-state index in [1.54, 1.807) is 12.2 Å². The van der Waals surface area contributed by atoms with Crippen molar-refractivity contribution in [2.75, 3.05) is 6.61 Å². The Morgan fingerprint density at radius 1 is 1.03 bits per heavy atom. The fraction of sp³-hybridized carbons (Fsp3) is 0.172. The van der Waals surface area contributed by atoms with Crippen LogP contribution in [0.3, 0.4) is 0 Å². The summed E-state index contributed by atoms with van der Waals surface area (Å²) in [6, 6.07) is 19.0. The number of thioether (sulfide) groups is 1. The molecule has 1 heterocycles. The average Bonchev–Trinajstić information content (AvgIpc) is 3.13. The molecule has 1 aliphatic heterocycles. The molecular formula is C29H25ClINO4S. The fourth-order valence-electron chi connectivity index (χ4n) is 3.80. The van der Waals surface area contributed by atoms with Crippen molar-refractivity contribution < 1.29 is 19.1 Å². The SMILES string of the molecule is C=CCc1cc(/C=C2\SC(=O)N(Cc3ccc(I)cc3)C2=O)cc(OCC)c1OCc1ccc(Cl)cc1. The monoisotopic (exact) mass is 645 g/mol. The molecule has 2 amide bonds. The lowest BCUT2D eigenvalue weighted by Crippen LogP contribution is -2.27. The molecule has 0 aliphatic carbocycles. The van der Waals surface area contributed by atoms with Crippen molar-refractivity contribution in [1.29, 1.82) is 0 Å². The van der Waals surface area contributed by atoms with Gasteiger partial charge in [-0.3, -0.25) is 14.5 Å². The first-order valence-electron chi connectivity index (χ1n) is 11.7. The zero-order chi connectivity index (χ0) is 26.4. The van der Waals surface area contributed by atoms with Crippen molar-refractivity contribution in [3.63, 3.8) is 0 Å². The number of benzene rings is 3. The van der Waals surface area contributed by atoms with Gasteiger partial charge in [0.1, 0.15) is 6.61 Å². The van der Waals surface area contributed by atoms with Gasteiger partial charge in [-0.1, -0.05) is 41.9 Å². The van der Waals surface area contributed by atoms with Crippen LogP contribution in [-0.4, -0.2) is 22.7 Å². The summed E-state index contributed by atoms with van der Waals surface area (Å²) in [6.07, 6.45) is 4.07. The van der Waals surface area contributed by atoms with E-state index in [1.807, 2.05) is 67.6 Å². The molecule has 4 rings (SSSR count). The third-order valence-corrected chi connectivity index (χ3v) is 7.42. The third kappa shape index (κ3) is 6.97. The number of carbonyl (C=O) groups is 2. The van der Waals surface area contributed by atoms with Gasteiger partial charge in [-0.15, -0.1) is 6.58 Å². The van der Waals surface area contributed by atoms with E-state index in [2.05, 4.69) is 29.2 Å². The predicted octanol–water partition coefficient (Wildman–Crippen LogP) is 7.89. The molecule has 37 heavy (non-hydrogen) atoms. The first-order valence-corrected chi connectivity index (χ1v) is 13.9. The molecule has 3 aromatic carbocycles. The van der Waals surface area contributed by atoms with Gasteiger partial charge in [-0.05, 0) is 107 Å². The Balaban J connectivity index is 1.60. The maximum Gasteiger partial charge on any atom is 0.293 e. The van der Waals surface area contributed by atoms with Crippen molar-refractivity contribution in [2.45, 2.75) is 26.5 Å². The molecule has 1 aliphatic rings. The molecule has 3 aromatic rings. The molecule has 5 nitrogen and oxygen atoms in total. The van der Waals surface area contributed by atoms with Crippen LogP contribution >= 0.6 is 46.0 Å². The van der Waals surface area contributed by atoms with Gasteiger partial charge in [0.15, 0.2) is 11.5 Å². The molecule has 0 aromatic heterocycles. The second-order valence-corrected chi connectivity index (χ2v) is 10.9. The molecule has 0 unspecified atom stereocenters. The van der Waals surface area contributed by atoms with E-state index in [4.69, 9.17) is 21.1 Å². The summed E-state index contributed by atoms with van der Waals surface area (Å²) in [7, 11) is 0. The summed E-state index contributed by atoms with van der Waals surface area (Å²) in [4.78, 5) is 27.4. The Labute approximate surface area is 239 Å². The lowest BCUT2D eigenvalue weighted by molar-refractivity contribution is -0.123. The summed E-state index contributed by atoms with van der Waals surface area (Å²) in [5.74, 6) is 0.890. The fourth-order valence-corrected chi connectivity index (χ4v) is 5.12. The van der Waals surface area contributed by atoms with E-state index >= 15 is 0 Å². The predicted molar refractivity (Wildman–Crippen MR) is 158 cm³/mol. The van der Waals surface area contributed by atoms with E-state index in [0.29, 0.717) is 41.1 Å². The molecule has 1 saturated heterocycles. The van der Waals surface area contributed by atoms with Gasteiger partial charge in [0.05, 0.1) is 18.1 Å². The number of rotatable bonds is 10. The average molecular weight is 646 g/mol. The Hall–Kier alpha value is -2.75. The summed E-state index contributed by atoms with van der Waals surface area (Å²) in [5.41, 5.74) is 3.50. The number of allylic oxidation sites excluding steroid dienone is 1. The first kappa shape index (κ1) is 27.3. The highest BCUT2D eigenvalue weighted by Crippen LogP contribution is 2.38. The Morgan fingerprint density at radius 3 is 2.41 bits per heavy atom. The molecule has 0 atom stereocenters. The van der Waals surface area contributed by atoms with E-state index < -0.39 is 0 Å². The lowest BCUT2D eigenvalue weighted by Gasteiger charge is -2.17. The van der Waals surface area contributed by atoms with Crippen LogP contribution in [0.25, 0.3) is 6.08 Å². The number of imide groups is 1. The van der Waals surface area contributed by atoms with E-state index in [-0.39, 0.29) is 17.7 Å². The topological polar surface area (TPSA) is 55.8 Å². The quantitative estimate of drug-likeness (QED) is 0.128. The highest BCUT2D eigenvalue weighted by atomic mass is 127. The van der Waals surface area contributed by atoms with Gasteiger partial charge in [-0.2, -0.15) is 0 Å². The summed E-state index contributed by atoms with van der Waals surface area (Å²) < 4.78 is 13.2. The minimum absolute atomic E-state index is 0.238. The van der Waals surface area contributed by atoms with Crippen LogP contribution < -0.4 is 9.47 Å². The molecule has 0 radical (unpaired) electrons. The van der Waals surface area contributed by atoms with Gasteiger partial charge in [0, 0.05) is 14.2 Å². The van der Waals surface area contributed by atoms with Gasteiger partial charge >= 0.3 is 0 Å². The number of ether oxygens (including phenoxy) is 2. The third-order valence-electron chi connectivity index (χ3n) is 5.54. The standard InChI is InChI=1S/C29H25ClINO4S/c1-3-5-22-14-21(15-25(35-4-2)27(22)36-18-20-6-10-23(30)11-7-20)16-26-28(33)32(29(34)37-26)17-19-8-12-24(31)13-9-19/h3,6-16H,1,4-5,17-18H2,2H3/b26-16-. The van der Waals surface area contributed by atoms with Crippen LogP contribution in [0.5, 0.6) is 11.5 Å². The molecule has 0 spiro atoms. The van der Waals surface area contributed by atoms with Crippen molar-refractivity contribution in [3.05, 3.63) is 109 Å². The van der Waals surface area contributed by atoms with Crippen molar-refractivity contribution in [3.8, 4) is 11.5 Å². The van der Waals surface area contributed by atoms with E-state index in [1.165, 1.54) is 4.90 Å². The molecule has 190 valence electrons. The van der Waals surface area contributed by atoms with Crippen molar-refractivity contribution in [2.24, 2.45) is 0 Å². The van der Waals surface area contributed by atoms with Gasteiger partial charge in [0.25, 0.3) is 11.1 Å². The number of hydrogen-bond donors (Lipinski definition) is 0. The van der Waals surface area contributed by atoms with E-state index in [9.17, 15) is 9.59 Å². The molecular weight excluding hydrogens is 621 g/mol. The molecule has 1 fully saturated rings. The van der Waals surface area contributed by atoms with Crippen LogP contribution in [0.15, 0.2) is 78.2 Å². The van der Waals surface area contributed by atoms with Crippen molar-refractivity contribution in [1.82, 2.24) is 4.90 Å². The molecule has 0 saturated carbocycles. The number of nitrogens with zero attached hydrogens (tertiary/aromatic N) is 1. The molecule has 0 bridgehead atoms. The lowest BCUT2D eigenvalue weighted by atomic mass is 10.0. The summed E-state index contributed by atoms with van der Waals surface area (Å²) >= 11 is 9.16. The Bertz CT molecular complexity index is 1340. The van der Waals surface area contributed by atoms with Gasteiger partial charge in [0.2, 0.25) is 0 Å². The zero-order valence-corrected chi connectivity index (χ0v) is 23.9. The normalized spacial score (nSPS) is 14.4. The molecule has 8 heteroatoms. The molecule has 0 N–H and O–H groups in total. The number of halogens is 2. The first-order chi connectivity index (χ1) is 17.9. The minimum atomic E-state index is -0.306. The smallest absolute Gasteiger partial charge is 0.293 e. The van der Waals surface area contributed by atoms with Gasteiger partial charge < -0.3 is 9.47 Å². The number of carbonyl (C=O) groups excluding carboxylic acids is 2. The van der Waals surface area contributed by atoms with Crippen LogP contribution in [0.2, 0.25) is 5.02 Å². The zero-order valence-electron chi connectivity index (χ0n) is 20.2. The van der Waals surface area contributed by atoms with Crippen molar-refractivity contribution >= 4 is 63.2 Å². The van der Waals surface area contributed by atoms with Crippen LogP contribution in [0.4, 0.5) is 4.79 Å². The summed E-state index contributed by atoms with van der Waals surface area (Å²) in [5, 5.41) is 0.382. The largest absolute Gasteiger partial charge is 0.490 e. The number of amides is 2. The Morgan fingerprint density at radius 2 is 1.73 bits per heavy atom. The maximum atomic E-state index is 13.1. The minimum Gasteiger partial charge on any atom is -0.490 e. The van der Waals surface area contributed by atoms with E-state index in [0.717, 1.165) is 37.6 Å². The second-order valence-electron chi connectivity index (χ2n) is 8.24. The highest BCUT2D eigenvalue weighted by molar-refractivity contribution is 14.1. The highest BCUT2D eigenvalue weighted by Gasteiger charge is 2.35. The Kier molecular flexibility index (Phi) is 9.34. The van der Waals surface area contributed by atoms with Crippen LogP contribution in [0, 0.1) is 3.57 Å².